The quantitative estimate of drug-likeness (QED) is 0.477. The van der Waals surface area contributed by atoms with Gasteiger partial charge in [0.05, 0.1) is 13.0 Å². The Morgan fingerprint density at radius 2 is 2.14 bits per heavy atom. The van der Waals surface area contributed by atoms with Crippen LogP contribution in [0.25, 0.3) is 0 Å². The summed E-state index contributed by atoms with van der Waals surface area (Å²) in [6.07, 6.45) is -0.154. The molecule has 1 aliphatic rings. The number of esters is 1. The van der Waals surface area contributed by atoms with E-state index in [-0.39, 0.29) is 13.0 Å². The van der Waals surface area contributed by atoms with Crippen LogP contribution in [0.1, 0.15) is 20.3 Å². The average Bonchev–Trinajstić information content (AvgIpc) is 2.25. The van der Waals surface area contributed by atoms with E-state index in [2.05, 4.69) is 15.4 Å². The third-order valence-corrected chi connectivity index (χ3v) is 1.92. The minimum absolute atomic E-state index is 0.154. The van der Waals surface area contributed by atoms with E-state index in [9.17, 15) is 14.4 Å². The Kier molecular flexibility index (Phi) is 2.73. The third-order valence-electron chi connectivity index (χ3n) is 1.92. The first kappa shape index (κ1) is 10.5. The Labute approximate surface area is 81.0 Å². The van der Waals surface area contributed by atoms with Crippen molar-refractivity contribution in [3.05, 3.63) is 0 Å². The monoisotopic (exact) mass is 200 g/mol. The number of hydrogen-bond acceptors (Lipinski definition) is 4. The fraction of sp³-hybridized carbons (Fsp3) is 0.625. The van der Waals surface area contributed by atoms with Crippen molar-refractivity contribution >= 4 is 17.9 Å². The van der Waals surface area contributed by atoms with Gasteiger partial charge in [0.25, 0.3) is 5.91 Å². The van der Waals surface area contributed by atoms with Crippen LogP contribution in [0.2, 0.25) is 0 Å². The van der Waals surface area contributed by atoms with Crippen LogP contribution in [0.5, 0.6) is 0 Å². The van der Waals surface area contributed by atoms with Gasteiger partial charge in [0.2, 0.25) is 0 Å². The van der Waals surface area contributed by atoms with Crippen molar-refractivity contribution in [1.82, 2.24) is 10.6 Å². The summed E-state index contributed by atoms with van der Waals surface area (Å²) in [5.41, 5.74) is -1.18. The molecule has 0 aromatic carbocycles. The van der Waals surface area contributed by atoms with Crippen molar-refractivity contribution in [3.8, 4) is 0 Å². The predicted octanol–water partition coefficient (Wildman–Crippen LogP) is -0.462. The second kappa shape index (κ2) is 3.65. The van der Waals surface area contributed by atoms with Crippen LogP contribution in [-0.4, -0.2) is 30.1 Å². The predicted molar refractivity (Wildman–Crippen MR) is 46.3 cm³/mol. The minimum Gasteiger partial charge on any atom is -0.466 e. The maximum absolute atomic E-state index is 11.2. The van der Waals surface area contributed by atoms with E-state index < -0.39 is 23.4 Å². The maximum Gasteiger partial charge on any atom is 0.322 e. The smallest absolute Gasteiger partial charge is 0.322 e. The van der Waals surface area contributed by atoms with Crippen molar-refractivity contribution in [3.63, 3.8) is 0 Å². The molecule has 0 spiro atoms. The van der Waals surface area contributed by atoms with Gasteiger partial charge in [0.15, 0.2) is 0 Å². The topological polar surface area (TPSA) is 84.5 Å². The molecule has 6 heteroatoms. The van der Waals surface area contributed by atoms with Crippen LogP contribution >= 0.6 is 0 Å². The first-order valence-electron chi connectivity index (χ1n) is 4.27. The third kappa shape index (κ3) is 2.01. The molecule has 1 fully saturated rings. The molecule has 1 saturated heterocycles. The van der Waals surface area contributed by atoms with Crippen molar-refractivity contribution in [2.75, 3.05) is 6.61 Å². The van der Waals surface area contributed by atoms with Gasteiger partial charge in [-0.15, -0.1) is 0 Å². The number of imide groups is 1. The fourth-order valence-corrected chi connectivity index (χ4v) is 1.20. The van der Waals surface area contributed by atoms with Gasteiger partial charge in [-0.2, -0.15) is 0 Å². The fourth-order valence-electron chi connectivity index (χ4n) is 1.20. The molecular weight excluding hydrogens is 188 g/mol. The Bertz CT molecular complexity index is 289. The van der Waals surface area contributed by atoms with Crippen LogP contribution < -0.4 is 10.6 Å². The summed E-state index contributed by atoms with van der Waals surface area (Å²) in [6.45, 7) is 3.40. The van der Waals surface area contributed by atoms with E-state index in [0.717, 1.165) is 0 Å². The van der Waals surface area contributed by atoms with Crippen molar-refractivity contribution in [2.45, 2.75) is 25.8 Å². The Morgan fingerprint density at radius 3 is 2.57 bits per heavy atom. The van der Waals surface area contributed by atoms with Crippen LogP contribution in [-0.2, 0) is 14.3 Å². The molecule has 0 aromatic heterocycles. The zero-order valence-electron chi connectivity index (χ0n) is 8.05. The van der Waals surface area contributed by atoms with Gasteiger partial charge >= 0.3 is 12.0 Å². The number of carbonyl (C=O) groups is 3. The molecule has 0 aliphatic carbocycles. The van der Waals surface area contributed by atoms with E-state index in [1.165, 1.54) is 6.92 Å². The lowest BCUT2D eigenvalue weighted by Crippen LogP contribution is -2.45. The molecule has 1 rings (SSSR count). The molecule has 0 bridgehead atoms. The highest BCUT2D eigenvalue weighted by atomic mass is 16.5. The highest BCUT2D eigenvalue weighted by molar-refractivity contribution is 6.08. The second-order valence-corrected chi connectivity index (χ2v) is 3.22. The molecular formula is C8H12N2O4. The van der Waals surface area contributed by atoms with Crippen LogP contribution in [0.3, 0.4) is 0 Å². The number of nitrogens with one attached hydrogen (secondary N) is 2. The molecule has 14 heavy (non-hydrogen) atoms. The van der Waals surface area contributed by atoms with Crippen LogP contribution in [0, 0.1) is 0 Å². The van der Waals surface area contributed by atoms with Crippen molar-refractivity contribution in [1.29, 1.82) is 0 Å². The molecule has 0 radical (unpaired) electrons. The molecule has 6 nitrogen and oxygen atoms in total. The van der Waals surface area contributed by atoms with Crippen molar-refractivity contribution < 1.29 is 19.1 Å². The standard InChI is InChI=1S/C8H12N2O4/c1-3-14-5(11)4-8(2)6(12)9-7(13)10-8/h3-4H2,1-2H3,(H2,9,10,12,13)/t8-/m0/s1. The lowest BCUT2D eigenvalue weighted by molar-refractivity contribution is -0.146. The summed E-state index contributed by atoms with van der Waals surface area (Å²) in [4.78, 5) is 33.2. The maximum atomic E-state index is 11.2. The molecule has 1 heterocycles. The molecule has 2 N–H and O–H groups in total. The average molecular weight is 200 g/mol. The SMILES string of the molecule is CCOC(=O)C[C@]1(C)NC(=O)NC1=O. The zero-order valence-corrected chi connectivity index (χ0v) is 8.05. The highest BCUT2D eigenvalue weighted by Crippen LogP contribution is 2.14. The highest BCUT2D eigenvalue weighted by Gasteiger charge is 2.43. The number of urea groups is 1. The van der Waals surface area contributed by atoms with Gasteiger partial charge in [-0.1, -0.05) is 0 Å². The molecule has 0 aromatic rings. The van der Waals surface area contributed by atoms with Gasteiger partial charge in [-0.3, -0.25) is 14.9 Å². The molecule has 0 unspecified atom stereocenters. The summed E-state index contributed by atoms with van der Waals surface area (Å²) in [7, 11) is 0. The van der Waals surface area contributed by atoms with Crippen LogP contribution in [0.4, 0.5) is 4.79 Å². The van der Waals surface area contributed by atoms with E-state index in [0.29, 0.717) is 0 Å². The number of carbonyl (C=O) groups excluding carboxylic acids is 3. The van der Waals surface area contributed by atoms with E-state index in [4.69, 9.17) is 0 Å². The Morgan fingerprint density at radius 1 is 1.50 bits per heavy atom. The largest absolute Gasteiger partial charge is 0.466 e. The van der Waals surface area contributed by atoms with Crippen molar-refractivity contribution in [2.24, 2.45) is 0 Å². The number of hydrogen-bond donors (Lipinski definition) is 2. The van der Waals surface area contributed by atoms with Gasteiger partial charge in [0.1, 0.15) is 5.54 Å². The lowest BCUT2D eigenvalue weighted by atomic mass is 9.99. The first-order valence-corrected chi connectivity index (χ1v) is 4.27. The number of amides is 3. The number of ether oxygens (including phenoxy) is 1. The summed E-state index contributed by atoms with van der Waals surface area (Å²) < 4.78 is 4.68. The summed E-state index contributed by atoms with van der Waals surface area (Å²) >= 11 is 0. The molecule has 3 amide bonds. The molecule has 0 saturated carbocycles. The first-order chi connectivity index (χ1) is 6.48. The van der Waals surface area contributed by atoms with Gasteiger partial charge in [0, 0.05) is 0 Å². The zero-order chi connectivity index (χ0) is 10.8. The van der Waals surface area contributed by atoms with Gasteiger partial charge < -0.3 is 10.1 Å². The summed E-state index contributed by atoms with van der Waals surface area (Å²) in [5, 5.41) is 4.43. The Balaban J connectivity index is 2.62. The van der Waals surface area contributed by atoms with E-state index in [1.807, 2.05) is 0 Å². The number of rotatable bonds is 3. The minimum atomic E-state index is -1.18. The van der Waals surface area contributed by atoms with Gasteiger partial charge in [-0.05, 0) is 13.8 Å². The van der Waals surface area contributed by atoms with E-state index >= 15 is 0 Å². The summed E-state index contributed by atoms with van der Waals surface area (Å²) in [5.74, 6) is -1.01. The Hall–Kier alpha value is -1.59. The summed E-state index contributed by atoms with van der Waals surface area (Å²) in [6, 6.07) is -0.582. The van der Waals surface area contributed by atoms with Crippen LogP contribution in [0.15, 0.2) is 0 Å². The normalized spacial score (nSPS) is 25.6. The molecule has 1 aliphatic heterocycles. The molecule has 1 atom stereocenters. The second-order valence-electron chi connectivity index (χ2n) is 3.22. The molecule has 78 valence electrons. The van der Waals surface area contributed by atoms with E-state index in [1.54, 1.807) is 6.92 Å². The van der Waals surface area contributed by atoms with Gasteiger partial charge in [-0.25, -0.2) is 4.79 Å². The lowest BCUT2D eigenvalue weighted by Gasteiger charge is -2.18.